The van der Waals surface area contributed by atoms with Crippen molar-refractivity contribution in [2.24, 2.45) is 0 Å². The highest BCUT2D eigenvalue weighted by molar-refractivity contribution is 8.00. The summed E-state index contributed by atoms with van der Waals surface area (Å²) in [5, 5.41) is 9.05. The molecular formula is C35H29ClN4O3S2. The number of nitrogens with zero attached hydrogens (tertiary/aromatic N) is 1. The van der Waals surface area contributed by atoms with Gasteiger partial charge in [-0.05, 0) is 61.9 Å². The molecule has 5 aromatic rings. The van der Waals surface area contributed by atoms with Gasteiger partial charge in [-0.25, -0.2) is 4.98 Å². The molecule has 7 nitrogen and oxygen atoms in total. The third-order valence-corrected chi connectivity index (χ3v) is 8.91. The van der Waals surface area contributed by atoms with Gasteiger partial charge < -0.3 is 16.0 Å². The maximum atomic E-state index is 13.5. The lowest BCUT2D eigenvalue weighted by atomic mass is 10.1. The Bertz CT molecular complexity index is 1860. The number of anilines is 2. The number of aromatic nitrogens is 1. The number of halogens is 1. The largest absolute Gasteiger partial charge is 0.321 e. The fourth-order valence-electron chi connectivity index (χ4n) is 4.31. The lowest BCUT2D eigenvalue weighted by Crippen LogP contribution is -2.30. The topological polar surface area (TPSA) is 100 Å². The molecule has 10 heteroatoms. The van der Waals surface area contributed by atoms with Gasteiger partial charge in [0, 0.05) is 31.6 Å². The summed E-state index contributed by atoms with van der Waals surface area (Å²) in [4.78, 5) is 45.9. The zero-order chi connectivity index (χ0) is 31.8. The average Bonchev–Trinajstić information content (AvgIpc) is 3.42. The summed E-state index contributed by atoms with van der Waals surface area (Å²) in [5.74, 6) is -1.14. The Kier molecular flexibility index (Phi) is 10.5. The van der Waals surface area contributed by atoms with E-state index in [1.807, 2.05) is 50.2 Å². The molecule has 0 radical (unpaired) electrons. The molecule has 0 aliphatic rings. The highest BCUT2D eigenvalue weighted by atomic mass is 35.5. The van der Waals surface area contributed by atoms with Crippen molar-refractivity contribution in [1.29, 1.82) is 0 Å². The molecule has 0 saturated heterocycles. The van der Waals surface area contributed by atoms with Crippen LogP contribution in [0.1, 0.15) is 27.7 Å². The number of nitrogens with one attached hydrogen (secondary N) is 3. The number of thiazole rings is 1. The first kappa shape index (κ1) is 31.7. The van der Waals surface area contributed by atoms with Crippen LogP contribution in [0.2, 0.25) is 5.02 Å². The van der Waals surface area contributed by atoms with E-state index in [1.54, 1.807) is 72.8 Å². The maximum absolute atomic E-state index is 13.5. The van der Waals surface area contributed by atoms with E-state index in [1.165, 1.54) is 29.2 Å². The fourth-order valence-corrected chi connectivity index (χ4v) is 6.27. The van der Waals surface area contributed by atoms with E-state index in [-0.39, 0.29) is 11.6 Å². The minimum absolute atomic E-state index is 0.0244. The summed E-state index contributed by atoms with van der Waals surface area (Å²) >= 11 is 9.13. The van der Waals surface area contributed by atoms with Crippen LogP contribution < -0.4 is 16.0 Å². The quantitative estimate of drug-likeness (QED) is 0.104. The average molecular weight is 653 g/mol. The van der Waals surface area contributed by atoms with Crippen LogP contribution >= 0.6 is 34.7 Å². The number of hydrogen-bond donors (Lipinski definition) is 3. The Labute approximate surface area is 274 Å². The van der Waals surface area contributed by atoms with Gasteiger partial charge in [0.25, 0.3) is 11.8 Å². The minimum Gasteiger partial charge on any atom is -0.321 e. The number of hydrogen-bond acceptors (Lipinski definition) is 6. The molecule has 1 aromatic heterocycles. The molecule has 0 spiro atoms. The van der Waals surface area contributed by atoms with E-state index in [2.05, 4.69) is 20.9 Å². The van der Waals surface area contributed by atoms with Gasteiger partial charge in [0.15, 0.2) is 5.13 Å². The highest BCUT2D eigenvalue weighted by Crippen LogP contribution is 2.32. The van der Waals surface area contributed by atoms with Crippen LogP contribution in [0.4, 0.5) is 10.8 Å². The molecular weight excluding hydrogens is 624 g/mol. The van der Waals surface area contributed by atoms with E-state index < -0.39 is 17.1 Å². The number of aryl methyl sites for hydroxylation is 1. The van der Waals surface area contributed by atoms with Crippen molar-refractivity contribution < 1.29 is 14.4 Å². The standard InChI is InChI=1S/C35H29ClN4O3S2/c1-22-31(24-12-5-3-6-13-24)39-35(45-22)40-32(41)23(2)44-28-18-11-17-27(21-28)37-34(43)30(20-26-16-9-10-19-29(26)36)38-33(42)25-14-7-4-8-15-25/h3-21,23H,1-2H3,(H,37,43)(H,38,42)(H,39,40,41)/b30-20+. The molecule has 0 fully saturated rings. The smallest absolute Gasteiger partial charge is 0.272 e. The molecule has 1 atom stereocenters. The van der Waals surface area contributed by atoms with Gasteiger partial charge >= 0.3 is 0 Å². The fraction of sp³-hybridized carbons (Fsp3) is 0.0857. The Balaban J connectivity index is 1.27. The van der Waals surface area contributed by atoms with Gasteiger partial charge in [0.1, 0.15) is 5.70 Å². The van der Waals surface area contributed by atoms with Crippen LogP contribution in [-0.2, 0) is 9.59 Å². The highest BCUT2D eigenvalue weighted by Gasteiger charge is 2.19. The number of carbonyl (C=O) groups excluding carboxylic acids is 3. The molecule has 0 bridgehead atoms. The molecule has 3 N–H and O–H groups in total. The molecule has 0 saturated carbocycles. The summed E-state index contributed by atoms with van der Waals surface area (Å²) in [7, 11) is 0. The summed E-state index contributed by atoms with van der Waals surface area (Å²) in [6.07, 6.45) is 1.53. The number of benzene rings is 4. The third-order valence-electron chi connectivity index (χ3n) is 6.58. The Morgan fingerprint density at radius 3 is 2.29 bits per heavy atom. The third kappa shape index (κ3) is 8.48. The zero-order valence-corrected chi connectivity index (χ0v) is 26.8. The van der Waals surface area contributed by atoms with Crippen LogP contribution in [-0.4, -0.2) is 28.0 Å². The molecule has 1 unspecified atom stereocenters. The van der Waals surface area contributed by atoms with Crippen molar-refractivity contribution in [1.82, 2.24) is 10.3 Å². The Hall–Kier alpha value is -4.70. The van der Waals surface area contributed by atoms with Crippen LogP contribution in [0.5, 0.6) is 0 Å². The summed E-state index contributed by atoms with van der Waals surface area (Å²) in [6, 6.07) is 32.7. The lowest BCUT2D eigenvalue weighted by molar-refractivity contribution is -0.115. The Morgan fingerprint density at radius 2 is 1.56 bits per heavy atom. The van der Waals surface area contributed by atoms with E-state index >= 15 is 0 Å². The first-order valence-electron chi connectivity index (χ1n) is 14.0. The van der Waals surface area contributed by atoms with Crippen LogP contribution in [0, 0.1) is 6.92 Å². The van der Waals surface area contributed by atoms with Gasteiger partial charge in [-0.3, -0.25) is 14.4 Å². The van der Waals surface area contributed by atoms with Gasteiger partial charge in [-0.2, -0.15) is 0 Å². The normalized spacial score (nSPS) is 11.8. The SMILES string of the molecule is Cc1sc(NC(=O)C(C)Sc2cccc(NC(=O)/C(=C\c3ccccc3Cl)NC(=O)c3ccccc3)c2)nc1-c1ccccc1. The second kappa shape index (κ2) is 14.9. The minimum atomic E-state index is -0.527. The predicted octanol–water partition coefficient (Wildman–Crippen LogP) is 8.30. The summed E-state index contributed by atoms with van der Waals surface area (Å²) in [6.45, 7) is 3.79. The zero-order valence-electron chi connectivity index (χ0n) is 24.4. The molecule has 4 aromatic carbocycles. The first-order valence-corrected chi connectivity index (χ1v) is 16.1. The molecule has 45 heavy (non-hydrogen) atoms. The van der Waals surface area contributed by atoms with Gasteiger partial charge in [-0.15, -0.1) is 23.1 Å². The van der Waals surface area contributed by atoms with Crippen molar-refractivity contribution >= 4 is 69.3 Å². The van der Waals surface area contributed by atoms with Gasteiger partial charge in [0.2, 0.25) is 5.91 Å². The van der Waals surface area contributed by atoms with Gasteiger partial charge in [0.05, 0.1) is 10.9 Å². The van der Waals surface area contributed by atoms with Crippen LogP contribution in [0.25, 0.3) is 17.3 Å². The second-order valence-corrected chi connectivity index (χ2v) is 12.9. The monoisotopic (exact) mass is 652 g/mol. The Morgan fingerprint density at radius 1 is 0.867 bits per heavy atom. The van der Waals surface area contributed by atoms with E-state index in [4.69, 9.17) is 11.6 Å². The van der Waals surface area contributed by atoms with Crippen LogP contribution in [0.15, 0.2) is 120 Å². The first-order chi connectivity index (χ1) is 21.8. The number of carbonyl (C=O) groups is 3. The molecule has 1 heterocycles. The number of thioether (sulfide) groups is 1. The van der Waals surface area contributed by atoms with Crippen molar-refractivity contribution in [2.45, 2.75) is 24.0 Å². The maximum Gasteiger partial charge on any atom is 0.272 e. The van der Waals surface area contributed by atoms with E-state index in [9.17, 15) is 14.4 Å². The van der Waals surface area contributed by atoms with Crippen molar-refractivity contribution in [2.75, 3.05) is 10.6 Å². The van der Waals surface area contributed by atoms with Crippen molar-refractivity contribution in [3.63, 3.8) is 0 Å². The molecule has 5 rings (SSSR count). The number of rotatable bonds is 10. The van der Waals surface area contributed by atoms with Gasteiger partial charge in [-0.1, -0.05) is 84.4 Å². The van der Waals surface area contributed by atoms with Crippen LogP contribution in [0.3, 0.4) is 0 Å². The number of amides is 3. The van der Waals surface area contributed by atoms with Crippen molar-refractivity contribution in [3.8, 4) is 11.3 Å². The predicted molar refractivity (Wildman–Crippen MR) is 185 cm³/mol. The molecule has 0 aliphatic carbocycles. The summed E-state index contributed by atoms with van der Waals surface area (Å²) < 4.78 is 0. The summed E-state index contributed by atoms with van der Waals surface area (Å²) in [5.41, 5.74) is 3.36. The lowest BCUT2D eigenvalue weighted by Gasteiger charge is -2.14. The molecule has 226 valence electrons. The van der Waals surface area contributed by atoms with E-state index in [0.717, 1.165) is 21.0 Å². The molecule has 0 aliphatic heterocycles. The van der Waals surface area contributed by atoms with E-state index in [0.29, 0.717) is 27.0 Å². The molecule has 3 amide bonds. The second-order valence-electron chi connectivity index (χ2n) is 9.92. The van der Waals surface area contributed by atoms with Crippen molar-refractivity contribution in [3.05, 3.63) is 136 Å².